The Labute approximate surface area is 140 Å². The van der Waals surface area contributed by atoms with E-state index in [1.807, 2.05) is 30.3 Å². The number of primary amides is 1. The van der Waals surface area contributed by atoms with Crippen molar-refractivity contribution in [1.82, 2.24) is 5.43 Å². The maximum absolute atomic E-state index is 10.6. The Hall–Kier alpha value is -3.22. The van der Waals surface area contributed by atoms with Gasteiger partial charge in [0.1, 0.15) is 19.0 Å². The molecule has 2 amide bonds. The summed E-state index contributed by atoms with van der Waals surface area (Å²) in [6.45, 7) is 0.792. The minimum Gasteiger partial charge on any atom is -0.493 e. The summed E-state index contributed by atoms with van der Waals surface area (Å²) in [5, 5.41) is 3.69. The molecule has 2 rings (SSSR count). The number of methoxy groups -OCH3 is 1. The Morgan fingerprint density at radius 2 is 1.88 bits per heavy atom. The minimum atomic E-state index is -0.725. The van der Waals surface area contributed by atoms with Gasteiger partial charge in [-0.15, -0.1) is 0 Å². The fourth-order valence-corrected chi connectivity index (χ4v) is 1.88. The zero-order chi connectivity index (χ0) is 17.2. The lowest BCUT2D eigenvalue weighted by molar-refractivity contribution is 0.211. The number of urea groups is 1. The van der Waals surface area contributed by atoms with Crippen molar-refractivity contribution in [2.45, 2.75) is 0 Å². The van der Waals surface area contributed by atoms with Gasteiger partial charge in [-0.3, -0.25) is 0 Å². The number of amides is 2. The third kappa shape index (κ3) is 5.53. The van der Waals surface area contributed by atoms with Crippen LogP contribution in [0.4, 0.5) is 4.79 Å². The average molecular weight is 329 g/mol. The molecular formula is C17H19N3O4. The highest BCUT2D eigenvalue weighted by Crippen LogP contribution is 2.27. The van der Waals surface area contributed by atoms with Gasteiger partial charge in [0.25, 0.3) is 0 Å². The van der Waals surface area contributed by atoms with Crippen LogP contribution in [0, 0.1) is 0 Å². The van der Waals surface area contributed by atoms with Crippen molar-refractivity contribution in [2.75, 3.05) is 20.3 Å². The number of benzene rings is 2. The van der Waals surface area contributed by atoms with Crippen molar-refractivity contribution in [3.05, 3.63) is 54.1 Å². The molecule has 3 N–H and O–H groups in total. The summed E-state index contributed by atoms with van der Waals surface area (Å²) in [7, 11) is 1.55. The van der Waals surface area contributed by atoms with Gasteiger partial charge >= 0.3 is 6.03 Å². The van der Waals surface area contributed by atoms with E-state index in [4.69, 9.17) is 19.9 Å². The van der Waals surface area contributed by atoms with E-state index >= 15 is 0 Å². The standard InChI is InChI=1S/C17H19N3O4/c1-22-16-11-13(12-19-20-17(18)21)7-8-15(16)24-10-9-23-14-5-3-2-4-6-14/h2-8,11-12H,9-10H2,1H3,(H3,18,20,21)/b19-12-. The zero-order valence-electron chi connectivity index (χ0n) is 13.3. The highest BCUT2D eigenvalue weighted by molar-refractivity contribution is 5.82. The summed E-state index contributed by atoms with van der Waals surface area (Å²) in [5.74, 6) is 1.94. The number of para-hydroxylation sites is 1. The number of hydrazone groups is 1. The second-order valence-corrected chi connectivity index (χ2v) is 4.65. The smallest absolute Gasteiger partial charge is 0.332 e. The van der Waals surface area contributed by atoms with E-state index < -0.39 is 6.03 Å². The third-order valence-corrected chi connectivity index (χ3v) is 2.93. The van der Waals surface area contributed by atoms with E-state index in [0.717, 1.165) is 11.3 Å². The number of hydrogen-bond acceptors (Lipinski definition) is 5. The first kappa shape index (κ1) is 17.1. The van der Waals surface area contributed by atoms with Crippen LogP contribution in [0.5, 0.6) is 17.2 Å². The van der Waals surface area contributed by atoms with Crippen LogP contribution in [0.25, 0.3) is 0 Å². The van der Waals surface area contributed by atoms with E-state index in [-0.39, 0.29) is 0 Å². The number of carbonyl (C=O) groups is 1. The number of hydrogen-bond donors (Lipinski definition) is 2. The molecule has 24 heavy (non-hydrogen) atoms. The number of rotatable bonds is 8. The Balaban J connectivity index is 1.88. The highest BCUT2D eigenvalue weighted by Gasteiger charge is 2.05. The SMILES string of the molecule is COc1cc(/C=N\NC(N)=O)ccc1OCCOc1ccccc1. The molecule has 0 bridgehead atoms. The van der Waals surface area contributed by atoms with Gasteiger partial charge in [0.2, 0.25) is 0 Å². The number of carbonyl (C=O) groups excluding carboxylic acids is 1. The van der Waals surface area contributed by atoms with E-state index in [1.165, 1.54) is 6.21 Å². The maximum Gasteiger partial charge on any atom is 0.332 e. The molecule has 0 fully saturated rings. The van der Waals surface area contributed by atoms with Gasteiger partial charge in [0, 0.05) is 0 Å². The molecule has 126 valence electrons. The van der Waals surface area contributed by atoms with Crippen LogP contribution in [0.15, 0.2) is 53.6 Å². The predicted molar refractivity (Wildman–Crippen MR) is 90.7 cm³/mol. The first-order valence-corrected chi connectivity index (χ1v) is 7.26. The zero-order valence-corrected chi connectivity index (χ0v) is 13.3. The van der Waals surface area contributed by atoms with Gasteiger partial charge < -0.3 is 19.9 Å². The molecule has 0 radical (unpaired) electrons. The van der Waals surface area contributed by atoms with Gasteiger partial charge in [-0.1, -0.05) is 18.2 Å². The summed E-state index contributed by atoms with van der Waals surface area (Å²) >= 11 is 0. The molecule has 0 aliphatic carbocycles. The number of ether oxygens (including phenoxy) is 3. The lowest BCUT2D eigenvalue weighted by Gasteiger charge is -2.12. The van der Waals surface area contributed by atoms with Crippen LogP contribution in [0.3, 0.4) is 0 Å². The molecule has 7 heteroatoms. The largest absolute Gasteiger partial charge is 0.493 e. The summed E-state index contributed by atoms with van der Waals surface area (Å²) in [4.78, 5) is 10.6. The summed E-state index contributed by atoms with van der Waals surface area (Å²) < 4.78 is 16.5. The fourth-order valence-electron chi connectivity index (χ4n) is 1.88. The molecule has 0 spiro atoms. The second kappa shape index (κ2) is 9.04. The van der Waals surface area contributed by atoms with Crippen molar-refractivity contribution >= 4 is 12.2 Å². The molecule has 0 saturated heterocycles. The number of nitrogens with zero attached hydrogens (tertiary/aromatic N) is 1. The van der Waals surface area contributed by atoms with Gasteiger partial charge in [-0.2, -0.15) is 5.10 Å². The van der Waals surface area contributed by atoms with Crippen molar-refractivity contribution < 1.29 is 19.0 Å². The number of nitrogens with one attached hydrogen (secondary N) is 1. The van der Waals surface area contributed by atoms with E-state index in [9.17, 15) is 4.79 Å². The van der Waals surface area contributed by atoms with Crippen molar-refractivity contribution in [2.24, 2.45) is 10.8 Å². The van der Waals surface area contributed by atoms with Gasteiger partial charge in [0.05, 0.1) is 13.3 Å². The Bertz CT molecular complexity index is 689. The van der Waals surface area contributed by atoms with Crippen molar-refractivity contribution in [3.8, 4) is 17.2 Å². The lowest BCUT2D eigenvalue weighted by Crippen LogP contribution is -2.24. The molecule has 7 nitrogen and oxygen atoms in total. The summed E-state index contributed by atoms with van der Waals surface area (Å²) in [5.41, 5.74) is 7.78. The molecule has 0 unspecified atom stereocenters. The molecule has 0 heterocycles. The van der Waals surface area contributed by atoms with E-state index in [0.29, 0.717) is 24.7 Å². The average Bonchev–Trinajstić information content (AvgIpc) is 2.60. The van der Waals surface area contributed by atoms with Crippen LogP contribution < -0.4 is 25.4 Å². The van der Waals surface area contributed by atoms with E-state index in [1.54, 1.807) is 25.3 Å². The van der Waals surface area contributed by atoms with Gasteiger partial charge in [0.15, 0.2) is 11.5 Å². The lowest BCUT2D eigenvalue weighted by atomic mass is 10.2. The predicted octanol–water partition coefficient (Wildman–Crippen LogP) is 2.16. The summed E-state index contributed by atoms with van der Waals surface area (Å²) in [6, 6.07) is 14.1. The van der Waals surface area contributed by atoms with Crippen LogP contribution in [-0.4, -0.2) is 32.6 Å². The molecule has 0 aromatic heterocycles. The molecular weight excluding hydrogens is 310 g/mol. The van der Waals surface area contributed by atoms with Crippen LogP contribution >= 0.6 is 0 Å². The van der Waals surface area contributed by atoms with Gasteiger partial charge in [-0.05, 0) is 35.9 Å². The Kier molecular flexibility index (Phi) is 6.46. The second-order valence-electron chi connectivity index (χ2n) is 4.65. The third-order valence-electron chi connectivity index (χ3n) is 2.93. The molecule has 2 aromatic rings. The molecule has 2 aromatic carbocycles. The number of nitrogens with two attached hydrogens (primary N) is 1. The monoisotopic (exact) mass is 329 g/mol. The molecule has 0 saturated carbocycles. The topological polar surface area (TPSA) is 95.2 Å². The molecule has 0 atom stereocenters. The molecule has 0 aliphatic rings. The quantitative estimate of drug-likeness (QED) is 0.441. The molecule has 0 aliphatic heterocycles. The van der Waals surface area contributed by atoms with Crippen LogP contribution in [0.2, 0.25) is 0 Å². The van der Waals surface area contributed by atoms with Gasteiger partial charge in [-0.25, -0.2) is 10.2 Å². The van der Waals surface area contributed by atoms with Crippen molar-refractivity contribution in [1.29, 1.82) is 0 Å². The van der Waals surface area contributed by atoms with E-state index in [2.05, 4.69) is 10.5 Å². The minimum absolute atomic E-state index is 0.377. The fraction of sp³-hybridized carbons (Fsp3) is 0.176. The van der Waals surface area contributed by atoms with Crippen molar-refractivity contribution in [3.63, 3.8) is 0 Å². The first-order valence-electron chi connectivity index (χ1n) is 7.26. The van der Waals surface area contributed by atoms with Crippen LogP contribution in [-0.2, 0) is 0 Å². The highest BCUT2D eigenvalue weighted by atomic mass is 16.5. The Morgan fingerprint density at radius 1 is 1.12 bits per heavy atom. The normalized spacial score (nSPS) is 10.4. The first-order chi connectivity index (χ1) is 11.7. The summed E-state index contributed by atoms with van der Waals surface area (Å²) in [6.07, 6.45) is 1.45. The Morgan fingerprint density at radius 3 is 2.58 bits per heavy atom. The van der Waals surface area contributed by atoms with Crippen LogP contribution in [0.1, 0.15) is 5.56 Å². The maximum atomic E-state index is 10.6.